The van der Waals surface area contributed by atoms with Crippen LogP contribution >= 0.6 is 0 Å². The Balaban J connectivity index is 1.53. The molecular weight excluding hydrogens is 733 g/mol. The fraction of sp³-hybridized carbons (Fsp3) is 0.463. The first-order valence-corrected chi connectivity index (χ1v) is 18.5. The van der Waals surface area contributed by atoms with E-state index in [2.05, 4.69) is 21.3 Å². The highest BCUT2D eigenvalue weighted by Crippen LogP contribution is 2.44. The quantitative estimate of drug-likeness (QED) is 0.103. The highest BCUT2D eigenvalue weighted by Gasteiger charge is 2.46. The molecule has 4 atom stereocenters. The number of aliphatic hydroxyl groups excluding tert-OH is 1. The molecule has 4 unspecified atom stereocenters. The summed E-state index contributed by atoms with van der Waals surface area (Å²) in [6.45, 7) is 8.16. The summed E-state index contributed by atoms with van der Waals surface area (Å²) in [5.74, 6) is -2.54. The van der Waals surface area contributed by atoms with Crippen LogP contribution in [0, 0.1) is 5.92 Å². The minimum Gasteiger partial charge on any atom is -0.497 e. The molecular formula is C41H51F3N4O8. The van der Waals surface area contributed by atoms with E-state index in [0.717, 1.165) is 22.3 Å². The van der Waals surface area contributed by atoms with Crippen LogP contribution in [-0.2, 0) is 19.1 Å². The van der Waals surface area contributed by atoms with Gasteiger partial charge in [-0.2, -0.15) is 13.2 Å². The van der Waals surface area contributed by atoms with Crippen molar-refractivity contribution in [2.45, 2.75) is 95.8 Å². The second-order valence-electron chi connectivity index (χ2n) is 14.9. The average molecular weight is 785 g/mol. The monoisotopic (exact) mass is 784 g/mol. The number of carbonyl (C=O) groups excluding carboxylic acids is 4. The molecule has 0 aromatic heterocycles. The second-order valence-corrected chi connectivity index (χ2v) is 14.9. The Morgan fingerprint density at radius 2 is 1.38 bits per heavy atom. The van der Waals surface area contributed by atoms with Gasteiger partial charge < -0.3 is 40.6 Å². The number of hydrogen-bond acceptors (Lipinski definition) is 8. The molecule has 0 spiro atoms. The molecule has 4 rings (SSSR count). The zero-order valence-electron chi connectivity index (χ0n) is 32.4. The van der Waals surface area contributed by atoms with Gasteiger partial charge in [-0.15, -0.1) is 0 Å². The van der Waals surface area contributed by atoms with Crippen LogP contribution in [0.1, 0.15) is 82.5 Å². The summed E-state index contributed by atoms with van der Waals surface area (Å²) >= 11 is 0. The van der Waals surface area contributed by atoms with Gasteiger partial charge in [-0.25, -0.2) is 9.59 Å². The summed E-state index contributed by atoms with van der Waals surface area (Å²) in [5.41, 5.74) is 3.52. The number of ether oxygens (including phenoxy) is 3. The Kier molecular flexibility index (Phi) is 14.8. The molecule has 0 saturated carbocycles. The Labute approximate surface area is 324 Å². The number of amides is 4. The highest BCUT2D eigenvalue weighted by atomic mass is 19.4. The number of fused-ring (bicyclic) bond motifs is 3. The standard InChI is InChI=1S/C41H51F3N4O8/c1-24(2)33(35(49)41(42,43)44)47-37(51)34(25-18-20-26(54-6)21-19-25)48-36(50)32(17-11-12-22-45-38(52)56-40(3,4)5)46-39(53)55-23-31-29-15-9-7-13-27(29)28-14-8-10-16-30(28)31/h7-10,13-16,18-21,24,31-35,49H,11-12,17,22-23H2,1-6H3,(H,45,52)(H,46,53)(H,47,51)(H,48,50). The van der Waals surface area contributed by atoms with Gasteiger partial charge >= 0.3 is 18.4 Å². The van der Waals surface area contributed by atoms with Crippen molar-refractivity contribution in [3.05, 3.63) is 89.5 Å². The van der Waals surface area contributed by atoms with E-state index in [9.17, 15) is 37.5 Å². The molecule has 3 aromatic carbocycles. The number of nitrogens with one attached hydrogen (secondary N) is 4. The number of aliphatic hydroxyl groups is 1. The van der Waals surface area contributed by atoms with Crippen molar-refractivity contribution in [1.82, 2.24) is 21.3 Å². The maximum atomic E-state index is 14.0. The number of methoxy groups -OCH3 is 1. The summed E-state index contributed by atoms with van der Waals surface area (Å²) in [4.78, 5) is 53.3. The van der Waals surface area contributed by atoms with E-state index in [1.54, 1.807) is 20.8 Å². The first-order valence-electron chi connectivity index (χ1n) is 18.5. The predicted molar refractivity (Wildman–Crippen MR) is 203 cm³/mol. The summed E-state index contributed by atoms with van der Waals surface area (Å²) in [6.07, 6.45) is -8.71. The number of rotatable bonds is 16. The maximum absolute atomic E-state index is 14.0. The van der Waals surface area contributed by atoms with Gasteiger partial charge in [0.1, 0.15) is 30.0 Å². The van der Waals surface area contributed by atoms with Crippen LogP contribution in [0.15, 0.2) is 72.8 Å². The Hall–Kier alpha value is -5.31. The predicted octanol–water partition coefficient (Wildman–Crippen LogP) is 6.52. The van der Waals surface area contributed by atoms with E-state index in [-0.39, 0.29) is 31.1 Å². The van der Waals surface area contributed by atoms with Gasteiger partial charge in [0, 0.05) is 12.5 Å². The lowest BCUT2D eigenvalue weighted by Gasteiger charge is -2.31. The number of alkyl halides is 3. The number of halogens is 3. The van der Waals surface area contributed by atoms with Crippen molar-refractivity contribution in [2.24, 2.45) is 5.92 Å². The normalized spacial score (nSPS) is 14.7. The SMILES string of the molecule is COc1ccc(C(NC(=O)C(CCCCNC(=O)OC(C)(C)C)NC(=O)OCC2c3ccccc3-c3ccccc32)C(=O)NC(C(C)C)C(O)C(F)(F)F)cc1. The molecule has 5 N–H and O–H groups in total. The Bertz CT molecular complexity index is 1770. The Morgan fingerprint density at radius 3 is 1.91 bits per heavy atom. The second kappa shape index (κ2) is 19.0. The van der Waals surface area contributed by atoms with Gasteiger partial charge in [0.05, 0.1) is 13.2 Å². The fourth-order valence-corrected chi connectivity index (χ4v) is 6.43. The molecule has 12 nitrogen and oxygen atoms in total. The van der Waals surface area contributed by atoms with Crippen molar-refractivity contribution < 1.29 is 51.7 Å². The number of hydrogen-bond donors (Lipinski definition) is 5. The van der Waals surface area contributed by atoms with Crippen molar-refractivity contribution in [3.63, 3.8) is 0 Å². The van der Waals surface area contributed by atoms with E-state index >= 15 is 0 Å². The summed E-state index contributed by atoms with van der Waals surface area (Å²) < 4.78 is 56.9. The van der Waals surface area contributed by atoms with Gasteiger partial charge in [-0.1, -0.05) is 74.5 Å². The zero-order valence-corrected chi connectivity index (χ0v) is 32.4. The molecule has 0 radical (unpaired) electrons. The minimum atomic E-state index is -5.03. The zero-order chi connectivity index (χ0) is 41.2. The molecule has 304 valence electrons. The van der Waals surface area contributed by atoms with Gasteiger partial charge in [-0.05, 0) is 85.9 Å². The number of unbranched alkanes of at least 4 members (excludes halogenated alkanes) is 1. The minimum absolute atomic E-state index is 0.0321. The molecule has 1 aliphatic rings. The fourth-order valence-electron chi connectivity index (χ4n) is 6.43. The van der Waals surface area contributed by atoms with E-state index in [1.807, 2.05) is 48.5 Å². The molecule has 1 aliphatic carbocycles. The molecule has 0 fully saturated rings. The largest absolute Gasteiger partial charge is 0.497 e. The number of carbonyl (C=O) groups is 4. The lowest BCUT2D eigenvalue weighted by Crippen LogP contribution is -2.56. The number of benzene rings is 3. The third-order valence-electron chi connectivity index (χ3n) is 9.24. The lowest BCUT2D eigenvalue weighted by atomic mass is 9.96. The van der Waals surface area contributed by atoms with E-state index < -0.39 is 65.9 Å². The van der Waals surface area contributed by atoms with Crippen LogP contribution in [-0.4, -0.2) is 79.3 Å². The first kappa shape index (κ1) is 43.4. The molecule has 0 heterocycles. The van der Waals surface area contributed by atoms with Gasteiger partial charge in [0.2, 0.25) is 11.8 Å². The van der Waals surface area contributed by atoms with E-state index in [0.29, 0.717) is 18.6 Å². The lowest BCUT2D eigenvalue weighted by molar-refractivity contribution is -0.215. The molecule has 4 amide bonds. The highest BCUT2D eigenvalue weighted by molar-refractivity contribution is 5.92. The average Bonchev–Trinajstić information content (AvgIpc) is 3.46. The number of alkyl carbamates (subject to hydrolysis) is 2. The Morgan fingerprint density at radius 1 is 0.786 bits per heavy atom. The van der Waals surface area contributed by atoms with Gasteiger partial charge in [0.15, 0.2) is 6.10 Å². The van der Waals surface area contributed by atoms with Crippen LogP contribution in [0.4, 0.5) is 22.8 Å². The maximum Gasteiger partial charge on any atom is 0.416 e. The van der Waals surface area contributed by atoms with Gasteiger partial charge in [0.25, 0.3) is 0 Å². The van der Waals surface area contributed by atoms with E-state index in [1.165, 1.54) is 45.2 Å². The third kappa shape index (κ3) is 11.8. The van der Waals surface area contributed by atoms with Crippen LogP contribution in [0.2, 0.25) is 0 Å². The van der Waals surface area contributed by atoms with Gasteiger partial charge in [-0.3, -0.25) is 9.59 Å². The van der Waals surface area contributed by atoms with Crippen molar-refractivity contribution in [3.8, 4) is 16.9 Å². The van der Waals surface area contributed by atoms with E-state index in [4.69, 9.17) is 14.2 Å². The summed E-state index contributed by atoms with van der Waals surface area (Å²) in [5, 5.41) is 20.2. The summed E-state index contributed by atoms with van der Waals surface area (Å²) in [6, 6.07) is 17.0. The summed E-state index contributed by atoms with van der Waals surface area (Å²) in [7, 11) is 1.43. The van der Waals surface area contributed by atoms with Crippen LogP contribution in [0.5, 0.6) is 5.75 Å². The smallest absolute Gasteiger partial charge is 0.416 e. The molecule has 0 saturated heterocycles. The molecule has 3 aromatic rings. The molecule has 15 heteroatoms. The molecule has 0 bridgehead atoms. The topological polar surface area (TPSA) is 164 Å². The van der Waals surface area contributed by atoms with Crippen molar-refractivity contribution in [1.29, 1.82) is 0 Å². The third-order valence-corrected chi connectivity index (χ3v) is 9.24. The first-order chi connectivity index (χ1) is 26.4. The molecule has 0 aliphatic heterocycles. The molecule has 56 heavy (non-hydrogen) atoms. The van der Waals surface area contributed by atoms with Crippen LogP contribution < -0.4 is 26.0 Å². The van der Waals surface area contributed by atoms with Crippen LogP contribution in [0.25, 0.3) is 11.1 Å². The van der Waals surface area contributed by atoms with Crippen molar-refractivity contribution >= 4 is 24.0 Å². The van der Waals surface area contributed by atoms with Crippen LogP contribution in [0.3, 0.4) is 0 Å². The van der Waals surface area contributed by atoms with Crippen molar-refractivity contribution in [2.75, 3.05) is 20.3 Å².